The Hall–Kier alpha value is -0.150. The summed E-state index contributed by atoms with van der Waals surface area (Å²) in [4.78, 5) is 17.1. The largest absolute Gasteiger partial charge is 0.464 e. The van der Waals surface area contributed by atoms with Crippen molar-refractivity contribution >= 4 is 24.1 Å². The molecular weight excluding hydrogens is 389 g/mol. The Labute approximate surface area is 167 Å². The standard InChI is InChI=1S/C17H36N3O5PS/c1-16(2,3)24-26(22,25-18)27-14-13-23-15(21)17(4,5)7-8-20-11-9-19(6)10-12-20/h7-14,18H2,1-6H3. The summed E-state index contributed by atoms with van der Waals surface area (Å²) in [6.45, 7) is 10.8. The summed E-state index contributed by atoms with van der Waals surface area (Å²) in [7, 11) is 2.12. The van der Waals surface area contributed by atoms with Gasteiger partial charge in [0.25, 0.3) is 0 Å². The number of likely N-dealkylation sites (N-methyl/N-ethyl adjacent to an activating group) is 1. The molecule has 0 saturated carbocycles. The normalized spacial score (nSPS) is 19.7. The molecule has 10 heteroatoms. The number of hydrogen-bond donors (Lipinski definition) is 1. The molecule has 1 rings (SSSR count). The first-order valence-corrected chi connectivity index (χ1v) is 12.4. The summed E-state index contributed by atoms with van der Waals surface area (Å²) in [6.07, 6.45) is 0.736. The Morgan fingerprint density at radius 2 is 1.74 bits per heavy atom. The lowest BCUT2D eigenvalue weighted by Gasteiger charge is -2.34. The van der Waals surface area contributed by atoms with Crippen molar-refractivity contribution in [1.82, 2.24) is 9.80 Å². The number of esters is 1. The highest BCUT2D eigenvalue weighted by Gasteiger charge is 2.33. The molecule has 1 unspecified atom stereocenters. The van der Waals surface area contributed by atoms with E-state index in [9.17, 15) is 9.36 Å². The van der Waals surface area contributed by atoms with E-state index in [2.05, 4.69) is 21.5 Å². The van der Waals surface area contributed by atoms with Crippen LogP contribution in [-0.2, 0) is 23.2 Å². The van der Waals surface area contributed by atoms with E-state index in [0.717, 1.165) is 50.5 Å². The average molecular weight is 426 g/mol. The van der Waals surface area contributed by atoms with E-state index in [1.165, 1.54) is 0 Å². The molecule has 1 atom stereocenters. The van der Waals surface area contributed by atoms with Crippen molar-refractivity contribution in [1.29, 1.82) is 0 Å². The van der Waals surface area contributed by atoms with E-state index >= 15 is 0 Å². The predicted octanol–water partition coefficient (Wildman–Crippen LogP) is 2.74. The minimum Gasteiger partial charge on any atom is -0.464 e. The van der Waals surface area contributed by atoms with E-state index in [1.807, 2.05) is 13.8 Å². The van der Waals surface area contributed by atoms with Crippen LogP contribution in [0.25, 0.3) is 0 Å². The molecule has 0 aliphatic carbocycles. The van der Waals surface area contributed by atoms with Gasteiger partial charge >= 0.3 is 12.8 Å². The van der Waals surface area contributed by atoms with Crippen LogP contribution in [0.15, 0.2) is 0 Å². The molecule has 0 radical (unpaired) electrons. The van der Waals surface area contributed by atoms with Gasteiger partial charge in [-0.1, -0.05) is 0 Å². The van der Waals surface area contributed by atoms with Gasteiger partial charge in [-0.05, 0) is 66.0 Å². The lowest BCUT2D eigenvalue weighted by Crippen LogP contribution is -2.45. The summed E-state index contributed by atoms with van der Waals surface area (Å²) in [6, 6.07) is 0. The van der Waals surface area contributed by atoms with Gasteiger partial charge in [0.05, 0.1) is 11.0 Å². The Balaban J connectivity index is 2.34. The van der Waals surface area contributed by atoms with E-state index in [0.29, 0.717) is 0 Å². The average Bonchev–Trinajstić information content (AvgIpc) is 2.56. The number of nitrogens with zero attached hydrogens (tertiary/aromatic N) is 2. The smallest absolute Gasteiger partial charge is 0.405 e. The minimum atomic E-state index is -3.47. The first-order chi connectivity index (χ1) is 12.4. The van der Waals surface area contributed by atoms with Crippen molar-refractivity contribution in [2.75, 3.05) is 52.1 Å². The first kappa shape index (κ1) is 24.9. The summed E-state index contributed by atoms with van der Waals surface area (Å²) in [5.41, 5.74) is -1.21. The molecule has 0 aromatic heterocycles. The number of ether oxygens (including phenoxy) is 1. The van der Waals surface area contributed by atoms with Crippen LogP contribution in [0, 0.1) is 5.41 Å². The van der Waals surface area contributed by atoms with E-state index in [1.54, 1.807) is 20.8 Å². The molecule has 0 bridgehead atoms. The van der Waals surface area contributed by atoms with Crippen LogP contribution in [0.3, 0.4) is 0 Å². The third kappa shape index (κ3) is 9.74. The summed E-state index contributed by atoms with van der Waals surface area (Å²) >= 11 is 0.936. The SMILES string of the molecule is CN1CCN(CCC(C)(C)C(=O)OCCSP(=O)(ON)OC(C)(C)C)CC1. The lowest BCUT2D eigenvalue weighted by molar-refractivity contribution is -0.153. The maximum atomic E-state index is 12.4. The second-order valence-electron chi connectivity index (χ2n) is 8.50. The van der Waals surface area contributed by atoms with Gasteiger partial charge in [0.15, 0.2) is 0 Å². The van der Waals surface area contributed by atoms with Crippen LogP contribution in [0.5, 0.6) is 0 Å². The predicted molar refractivity (Wildman–Crippen MR) is 109 cm³/mol. The second-order valence-corrected chi connectivity index (χ2v) is 12.6. The third-order valence-corrected chi connectivity index (χ3v) is 7.96. The molecule has 1 heterocycles. The number of nitrogens with two attached hydrogens (primary N) is 1. The van der Waals surface area contributed by atoms with E-state index in [-0.39, 0.29) is 18.3 Å². The van der Waals surface area contributed by atoms with Crippen LogP contribution in [0.2, 0.25) is 0 Å². The minimum absolute atomic E-state index is 0.127. The summed E-state index contributed by atoms with van der Waals surface area (Å²) in [5.74, 6) is 5.15. The van der Waals surface area contributed by atoms with Crippen molar-refractivity contribution in [2.24, 2.45) is 11.3 Å². The van der Waals surface area contributed by atoms with E-state index in [4.69, 9.17) is 15.2 Å². The second kappa shape index (κ2) is 10.6. The molecule has 1 fully saturated rings. The van der Waals surface area contributed by atoms with Crippen molar-refractivity contribution in [3.8, 4) is 0 Å². The number of piperazine rings is 1. The quantitative estimate of drug-likeness (QED) is 0.245. The molecule has 8 nitrogen and oxygen atoms in total. The zero-order valence-corrected chi connectivity index (χ0v) is 19.2. The van der Waals surface area contributed by atoms with Crippen molar-refractivity contribution < 1.29 is 23.2 Å². The number of hydrogen-bond acceptors (Lipinski definition) is 9. The van der Waals surface area contributed by atoms with Crippen LogP contribution in [-0.4, -0.2) is 73.5 Å². The molecule has 2 N–H and O–H groups in total. The lowest BCUT2D eigenvalue weighted by atomic mass is 9.89. The molecule has 0 spiro atoms. The van der Waals surface area contributed by atoms with Gasteiger partial charge in [0.1, 0.15) is 6.61 Å². The Morgan fingerprint density at radius 1 is 1.15 bits per heavy atom. The van der Waals surface area contributed by atoms with E-state index < -0.39 is 17.8 Å². The van der Waals surface area contributed by atoms with Gasteiger partial charge in [-0.25, -0.2) is 15.1 Å². The fraction of sp³-hybridized carbons (Fsp3) is 0.941. The van der Waals surface area contributed by atoms with Crippen molar-refractivity contribution in [2.45, 2.75) is 46.6 Å². The van der Waals surface area contributed by atoms with Crippen molar-refractivity contribution in [3.63, 3.8) is 0 Å². The fourth-order valence-electron chi connectivity index (χ4n) is 2.50. The topological polar surface area (TPSA) is 94.3 Å². The summed E-state index contributed by atoms with van der Waals surface area (Å²) < 4.78 is 27.7. The van der Waals surface area contributed by atoms with Gasteiger partial charge in [-0.3, -0.25) is 9.32 Å². The van der Waals surface area contributed by atoms with Gasteiger partial charge in [0.2, 0.25) is 0 Å². The molecule has 160 valence electrons. The molecule has 1 saturated heterocycles. The Bertz CT molecular complexity index is 519. The zero-order valence-electron chi connectivity index (χ0n) is 17.5. The molecule has 27 heavy (non-hydrogen) atoms. The highest BCUT2D eigenvalue weighted by molar-refractivity contribution is 8.55. The number of carbonyl (C=O) groups is 1. The maximum absolute atomic E-state index is 12.4. The van der Waals surface area contributed by atoms with Gasteiger partial charge in [-0.2, -0.15) is 0 Å². The molecule has 1 aliphatic heterocycles. The molecule has 0 aromatic rings. The molecule has 0 amide bonds. The van der Waals surface area contributed by atoms with Crippen molar-refractivity contribution in [3.05, 3.63) is 0 Å². The highest BCUT2D eigenvalue weighted by atomic mass is 32.7. The van der Waals surface area contributed by atoms with Crippen LogP contribution < -0.4 is 5.90 Å². The molecular formula is C17H36N3O5PS. The fourth-order valence-corrected chi connectivity index (χ4v) is 5.62. The highest BCUT2D eigenvalue weighted by Crippen LogP contribution is 2.61. The maximum Gasteiger partial charge on any atom is 0.405 e. The summed E-state index contributed by atoms with van der Waals surface area (Å²) in [5, 5.41) is 0. The van der Waals surface area contributed by atoms with Crippen LogP contribution in [0.4, 0.5) is 0 Å². The molecule has 1 aliphatic rings. The number of rotatable bonds is 10. The zero-order chi connectivity index (χ0) is 20.7. The van der Waals surface area contributed by atoms with Crippen LogP contribution in [0.1, 0.15) is 41.0 Å². The van der Waals surface area contributed by atoms with Gasteiger partial charge in [-0.15, -0.1) is 0 Å². The number of carbonyl (C=O) groups excluding carboxylic acids is 1. The Kier molecular flexibility index (Phi) is 9.75. The third-order valence-electron chi connectivity index (χ3n) is 4.28. The monoisotopic (exact) mass is 425 g/mol. The Morgan fingerprint density at radius 3 is 2.26 bits per heavy atom. The van der Waals surface area contributed by atoms with Gasteiger partial charge in [0, 0.05) is 31.9 Å². The van der Waals surface area contributed by atoms with Crippen LogP contribution >= 0.6 is 18.2 Å². The van der Waals surface area contributed by atoms with Gasteiger partial charge < -0.3 is 14.5 Å². The first-order valence-electron chi connectivity index (χ1n) is 9.29. The molecule has 0 aromatic carbocycles.